The fraction of sp³-hybridized carbons (Fsp3) is 0.300. The monoisotopic (exact) mass is 377 g/mol. The van der Waals surface area contributed by atoms with Gasteiger partial charge in [-0.3, -0.25) is 0 Å². The van der Waals surface area contributed by atoms with Crippen LogP contribution < -0.4 is 10.2 Å². The number of anilines is 2. The first kappa shape index (κ1) is 18.0. The number of aromatic nitrogens is 4. The molecule has 3 heterocycles. The van der Waals surface area contributed by atoms with Gasteiger partial charge in [0.2, 0.25) is 0 Å². The molecule has 0 unspecified atom stereocenters. The van der Waals surface area contributed by atoms with Crippen molar-refractivity contribution in [3.63, 3.8) is 0 Å². The predicted octanol–water partition coefficient (Wildman–Crippen LogP) is 2.63. The van der Waals surface area contributed by atoms with Crippen LogP contribution in [-0.4, -0.2) is 56.9 Å². The van der Waals surface area contributed by atoms with Crippen molar-refractivity contribution in [2.75, 3.05) is 36.4 Å². The first-order valence-electron chi connectivity index (χ1n) is 9.31. The van der Waals surface area contributed by atoms with Crippen LogP contribution in [-0.2, 0) is 0 Å². The molecule has 1 aliphatic rings. The number of carbonyl (C=O) groups is 1. The highest BCUT2D eigenvalue weighted by Gasteiger charge is 2.22. The van der Waals surface area contributed by atoms with Crippen molar-refractivity contribution >= 4 is 17.5 Å². The number of rotatable bonds is 3. The van der Waals surface area contributed by atoms with E-state index in [1.807, 2.05) is 61.3 Å². The molecular weight excluding hydrogens is 354 g/mol. The van der Waals surface area contributed by atoms with Crippen molar-refractivity contribution in [1.29, 1.82) is 0 Å². The summed E-state index contributed by atoms with van der Waals surface area (Å²) in [7, 11) is 0. The average Bonchev–Trinajstić information content (AvgIpc) is 3.16. The molecule has 0 saturated carbocycles. The van der Waals surface area contributed by atoms with Crippen LogP contribution in [0, 0.1) is 13.8 Å². The van der Waals surface area contributed by atoms with Gasteiger partial charge in [-0.25, -0.2) is 19.4 Å². The molecule has 144 valence electrons. The van der Waals surface area contributed by atoms with Crippen LogP contribution in [0.1, 0.15) is 11.3 Å². The summed E-state index contributed by atoms with van der Waals surface area (Å²) in [4.78, 5) is 25.3. The van der Waals surface area contributed by atoms with Crippen LogP contribution >= 0.6 is 0 Å². The Morgan fingerprint density at radius 3 is 2.46 bits per heavy atom. The van der Waals surface area contributed by atoms with E-state index < -0.39 is 0 Å². The molecule has 3 aromatic rings. The SMILES string of the molecule is Cc1ccn(-c2cc(N3CCN(C(=O)Nc4ccccc4C)CC3)ncn2)n1. The molecule has 28 heavy (non-hydrogen) atoms. The molecule has 0 atom stereocenters. The van der Waals surface area contributed by atoms with Crippen molar-refractivity contribution in [1.82, 2.24) is 24.6 Å². The first-order chi connectivity index (χ1) is 13.6. The lowest BCUT2D eigenvalue weighted by Gasteiger charge is -2.35. The van der Waals surface area contributed by atoms with Gasteiger partial charge in [-0.2, -0.15) is 5.10 Å². The van der Waals surface area contributed by atoms with E-state index in [1.165, 1.54) is 0 Å². The molecule has 1 N–H and O–H groups in total. The second-order valence-corrected chi connectivity index (χ2v) is 6.86. The van der Waals surface area contributed by atoms with E-state index in [9.17, 15) is 4.79 Å². The van der Waals surface area contributed by atoms with Crippen molar-refractivity contribution in [2.24, 2.45) is 0 Å². The summed E-state index contributed by atoms with van der Waals surface area (Å²) in [6.45, 7) is 6.64. The third-order valence-electron chi connectivity index (χ3n) is 4.87. The largest absolute Gasteiger partial charge is 0.353 e. The van der Waals surface area contributed by atoms with Gasteiger partial charge in [-0.1, -0.05) is 18.2 Å². The Labute approximate surface area is 163 Å². The number of nitrogens with one attached hydrogen (secondary N) is 1. The topological polar surface area (TPSA) is 79.2 Å². The maximum Gasteiger partial charge on any atom is 0.321 e. The van der Waals surface area contributed by atoms with Gasteiger partial charge in [-0.15, -0.1) is 0 Å². The van der Waals surface area contributed by atoms with Crippen LogP contribution in [0.2, 0.25) is 0 Å². The van der Waals surface area contributed by atoms with Crippen LogP contribution in [0.5, 0.6) is 0 Å². The van der Waals surface area contributed by atoms with Gasteiger partial charge >= 0.3 is 6.03 Å². The molecule has 2 aromatic heterocycles. The Bertz CT molecular complexity index is 976. The van der Waals surface area contributed by atoms with Gasteiger partial charge in [0.1, 0.15) is 12.1 Å². The Kier molecular flexibility index (Phi) is 4.92. The molecule has 1 fully saturated rings. The zero-order valence-corrected chi connectivity index (χ0v) is 16.0. The van der Waals surface area contributed by atoms with Crippen LogP contribution in [0.4, 0.5) is 16.3 Å². The van der Waals surface area contributed by atoms with Crippen LogP contribution in [0.15, 0.2) is 48.9 Å². The molecule has 8 heteroatoms. The van der Waals surface area contributed by atoms with Gasteiger partial charge in [0.25, 0.3) is 0 Å². The third kappa shape index (κ3) is 3.80. The van der Waals surface area contributed by atoms with E-state index in [4.69, 9.17) is 0 Å². The van der Waals surface area contributed by atoms with Gasteiger partial charge in [0, 0.05) is 44.1 Å². The van der Waals surface area contributed by atoms with E-state index in [-0.39, 0.29) is 6.03 Å². The number of carbonyl (C=O) groups excluding carboxylic acids is 1. The summed E-state index contributed by atoms with van der Waals surface area (Å²) in [5.41, 5.74) is 2.84. The minimum atomic E-state index is -0.0654. The van der Waals surface area contributed by atoms with E-state index in [0.717, 1.165) is 41.7 Å². The molecule has 2 amide bonds. The minimum absolute atomic E-state index is 0.0654. The minimum Gasteiger partial charge on any atom is -0.353 e. The first-order valence-corrected chi connectivity index (χ1v) is 9.31. The second-order valence-electron chi connectivity index (χ2n) is 6.86. The molecule has 0 aliphatic carbocycles. The summed E-state index contributed by atoms with van der Waals surface area (Å²) in [6, 6.07) is 11.6. The molecule has 8 nitrogen and oxygen atoms in total. The molecule has 1 saturated heterocycles. The molecule has 1 aliphatic heterocycles. The van der Waals surface area contributed by atoms with Crippen LogP contribution in [0.3, 0.4) is 0 Å². The summed E-state index contributed by atoms with van der Waals surface area (Å²) in [5, 5.41) is 7.39. The number of urea groups is 1. The number of benzene rings is 1. The van der Waals surface area contributed by atoms with E-state index in [2.05, 4.69) is 25.3 Å². The number of hydrogen-bond acceptors (Lipinski definition) is 5. The van der Waals surface area contributed by atoms with Crippen LogP contribution in [0.25, 0.3) is 5.82 Å². The number of aryl methyl sites for hydroxylation is 2. The third-order valence-corrected chi connectivity index (χ3v) is 4.87. The van der Waals surface area contributed by atoms with E-state index >= 15 is 0 Å². The molecule has 1 aromatic carbocycles. The number of piperazine rings is 1. The Hall–Kier alpha value is -3.42. The van der Waals surface area contributed by atoms with Gasteiger partial charge in [0.05, 0.1) is 5.69 Å². The van der Waals surface area contributed by atoms with E-state index in [1.54, 1.807) is 11.0 Å². The molecule has 4 rings (SSSR count). The zero-order chi connectivity index (χ0) is 19.5. The maximum absolute atomic E-state index is 12.6. The molecule has 0 spiro atoms. The van der Waals surface area contributed by atoms with Gasteiger partial charge in [-0.05, 0) is 31.5 Å². The second kappa shape index (κ2) is 7.67. The summed E-state index contributed by atoms with van der Waals surface area (Å²) >= 11 is 0. The number of hydrogen-bond donors (Lipinski definition) is 1. The molecule has 0 bridgehead atoms. The zero-order valence-electron chi connectivity index (χ0n) is 16.0. The van der Waals surface area contributed by atoms with Crippen molar-refractivity contribution < 1.29 is 4.79 Å². The summed E-state index contributed by atoms with van der Waals surface area (Å²) in [6.07, 6.45) is 3.44. The normalized spacial score (nSPS) is 14.2. The molecule has 0 radical (unpaired) electrons. The predicted molar refractivity (Wildman–Crippen MR) is 108 cm³/mol. The lowest BCUT2D eigenvalue weighted by molar-refractivity contribution is 0.208. The van der Waals surface area contributed by atoms with Crippen molar-refractivity contribution in [3.05, 3.63) is 60.2 Å². The highest BCUT2D eigenvalue weighted by atomic mass is 16.2. The molecular formula is C20H23N7O. The smallest absolute Gasteiger partial charge is 0.321 e. The Morgan fingerprint density at radius 2 is 1.75 bits per heavy atom. The van der Waals surface area contributed by atoms with Gasteiger partial charge in [0.15, 0.2) is 5.82 Å². The standard InChI is InChI=1S/C20H23N7O/c1-15-5-3-4-6-17(15)23-20(28)26-11-9-25(10-12-26)18-13-19(22-14-21-18)27-8-7-16(2)24-27/h3-8,13-14H,9-12H2,1-2H3,(H,23,28). The van der Waals surface area contributed by atoms with Gasteiger partial charge < -0.3 is 15.1 Å². The number of para-hydroxylation sites is 1. The lowest BCUT2D eigenvalue weighted by atomic mass is 10.2. The highest BCUT2D eigenvalue weighted by molar-refractivity contribution is 5.90. The summed E-state index contributed by atoms with van der Waals surface area (Å²) in [5.74, 6) is 1.58. The highest BCUT2D eigenvalue weighted by Crippen LogP contribution is 2.18. The van der Waals surface area contributed by atoms with E-state index in [0.29, 0.717) is 13.1 Å². The number of amides is 2. The summed E-state index contributed by atoms with van der Waals surface area (Å²) < 4.78 is 1.74. The van der Waals surface area contributed by atoms with Crippen molar-refractivity contribution in [3.8, 4) is 5.82 Å². The Morgan fingerprint density at radius 1 is 1.00 bits per heavy atom. The quantitative estimate of drug-likeness (QED) is 0.759. The average molecular weight is 377 g/mol. The lowest BCUT2D eigenvalue weighted by Crippen LogP contribution is -2.50. The Balaban J connectivity index is 1.39. The van der Waals surface area contributed by atoms with Crippen molar-refractivity contribution in [2.45, 2.75) is 13.8 Å². The fourth-order valence-corrected chi connectivity index (χ4v) is 3.22. The number of nitrogens with zero attached hydrogens (tertiary/aromatic N) is 6. The fourth-order valence-electron chi connectivity index (χ4n) is 3.22. The maximum atomic E-state index is 12.6.